The first-order chi connectivity index (χ1) is 14.6. The van der Waals surface area contributed by atoms with Crippen molar-refractivity contribution in [3.8, 4) is 0 Å². The van der Waals surface area contributed by atoms with Crippen LogP contribution < -0.4 is 10.6 Å². The van der Waals surface area contributed by atoms with E-state index in [1.165, 1.54) is 11.3 Å². The third-order valence-corrected chi connectivity index (χ3v) is 5.57. The topological polar surface area (TPSA) is 76.0 Å². The van der Waals surface area contributed by atoms with E-state index in [2.05, 4.69) is 27.9 Å². The number of hydrogen-bond acceptors (Lipinski definition) is 3. The number of carbonyl (C=O) groups excluding carboxylic acids is 2. The number of hydrogen-bond donors (Lipinski definition) is 2. The van der Waals surface area contributed by atoms with Crippen molar-refractivity contribution in [3.63, 3.8) is 0 Å². The van der Waals surface area contributed by atoms with E-state index in [0.29, 0.717) is 5.56 Å². The lowest BCUT2D eigenvalue weighted by Gasteiger charge is -2.24. The van der Waals surface area contributed by atoms with Crippen LogP contribution in [0.4, 0.5) is 0 Å². The molecule has 0 spiro atoms. The zero-order valence-electron chi connectivity index (χ0n) is 17.1. The number of aromatic nitrogens is 2. The van der Waals surface area contributed by atoms with Gasteiger partial charge in [-0.25, -0.2) is 0 Å². The molecule has 0 aliphatic heterocycles. The second-order valence-corrected chi connectivity index (χ2v) is 7.70. The maximum atomic E-state index is 12.5. The van der Waals surface area contributed by atoms with E-state index >= 15 is 0 Å². The Morgan fingerprint density at radius 3 is 2.67 bits per heavy atom. The minimum Gasteiger partial charge on any atom is -0.348 e. The van der Waals surface area contributed by atoms with Crippen molar-refractivity contribution in [1.82, 2.24) is 20.4 Å². The molecule has 0 saturated carbocycles. The van der Waals surface area contributed by atoms with Gasteiger partial charge in [0.2, 0.25) is 5.91 Å². The molecule has 1 aliphatic carbocycles. The highest BCUT2D eigenvalue weighted by Gasteiger charge is 2.25. The fourth-order valence-electron chi connectivity index (χ4n) is 3.99. The van der Waals surface area contributed by atoms with Gasteiger partial charge in [-0.3, -0.25) is 14.3 Å². The Bertz CT molecular complexity index is 1040. The van der Waals surface area contributed by atoms with E-state index < -0.39 is 0 Å². The summed E-state index contributed by atoms with van der Waals surface area (Å²) in [4.78, 5) is 24.8. The highest BCUT2D eigenvalue weighted by molar-refractivity contribution is 5.97. The van der Waals surface area contributed by atoms with Crippen LogP contribution in [0.15, 0.2) is 60.8 Å². The first kappa shape index (κ1) is 19.9. The van der Waals surface area contributed by atoms with Crippen LogP contribution in [-0.2, 0) is 17.8 Å². The molecule has 0 bridgehead atoms. The standard InChI is InChI=1S/C24H26N4O2/c1-17-8-5-6-11-19(17)24(30)25-15-23(29)27-21-12-7-13-22-20(21)14-26-28(22)16-18-9-3-2-4-10-18/h2-6,8-11,14,21H,7,12-13,15-16H2,1H3,(H,25,30)(H,27,29). The molecular weight excluding hydrogens is 376 g/mol. The summed E-state index contributed by atoms with van der Waals surface area (Å²) < 4.78 is 2.03. The van der Waals surface area contributed by atoms with Gasteiger partial charge in [0.15, 0.2) is 0 Å². The Balaban J connectivity index is 1.37. The van der Waals surface area contributed by atoms with Gasteiger partial charge in [-0.15, -0.1) is 0 Å². The molecular formula is C24H26N4O2. The molecule has 3 aromatic rings. The summed E-state index contributed by atoms with van der Waals surface area (Å²) in [6.45, 7) is 2.56. The minimum absolute atomic E-state index is 0.0445. The first-order valence-electron chi connectivity index (χ1n) is 10.3. The molecule has 6 heteroatoms. The molecule has 2 aromatic carbocycles. The second kappa shape index (κ2) is 8.95. The van der Waals surface area contributed by atoms with Crippen molar-refractivity contribution in [3.05, 3.63) is 88.7 Å². The highest BCUT2D eigenvalue weighted by atomic mass is 16.2. The zero-order valence-corrected chi connectivity index (χ0v) is 17.1. The quantitative estimate of drug-likeness (QED) is 0.665. The number of rotatable bonds is 6. The summed E-state index contributed by atoms with van der Waals surface area (Å²) in [5.74, 6) is -0.422. The van der Waals surface area contributed by atoms with E-state index in [4.69, 9.17) is 0 Å². The van der Waals surface area contributed by atoms with Gasteiger partial charge >= 0.3 is 0 Å². The number of carbonyl (C=O) groups is 2. The molecule has 4 rings (SSSR count). The Kier molecular flexibility index (Phi) is 5.93. The van der Waals surface area contributed by atoms with Crippen molar-refractivity contribution >= 4 is 11.8 Å². The molecule has 0 radical (unpaired) electrons. The van der Waals surface area contributed by atoms with Crippen molar-refractivity contribution in [2.24, 2.45) is 0 Å². The smallest absolute Gasteiger partial charge is 0.251 e. The van der Waals surface area contributed by atoms with Crippen LogP contribution >= 0.6 is 0 Å². The Hall–Kier alpha value is -3.41. The van der Waals surface area contributed by atoms with Gasteiger partial charge in [0, 0.05) is 16.8 Å². The van der Waals surface area contributed by atoms with Gasteiger partial charge in [-0.05, 0) is 43.4 Å². The molecule has 2 N–H and O–H groups in total. The lowest BCUT2D eigenvalue weighted by Crippen LogP contribution is -2.39. The number of nitrogens with one attached hydrogen (secondary N) is 2. The van der Waals surface area contributed by atoms with Crippen molar-refractivity contribution in [2.75, 3.05) is 6.54 Å². The van der Waals surface area contributed by atoms with E-state index in [1.54, 1.807) is 6.07 Å². The number of benzene rings is 2. The van der Waals surface area contributed by atoms with E-state index in [9.17, 15) is 9.59 Å². The molecule has 0 saturated heterocycles. The van der Waals surface area contributed by atoms with Gasteiger partial charge < -0.3 is 10.6 Å². The molecule has 30 heavy (non-hydrogen) atoms. The molecule has 1 aromatic heterocycles. The van der Waals surface area contributed by atoms with Crippen LogP contribution in [0.2, 0.25) is 0 Å². The number of amides is 2. The summed E-state index contributed by atoms with van der Waals surface area (Å²) in [5.41, 5.74) is 4.94. The van der Waals surface area contributed by atoms with Crippen molar-refractivity contribution in [2.45, 2.75) is 38.8 Å². The Labute approximate surface area is 176 Å². The molecule has 6 nitrogen and oxygen atoms in total. The van der Waals surface area contributed by atoms with E-state index in [0.717, 1.165) is 36.9 Å². The van der Waals surface area contributed by atoms with Crippen LogP contribution in [0.5, 0.6) is 0 Å². The predicted molar refractivity (Wildman–Crippen MR) is 115 cm³/mol. The fraction of sp³-hybridized carbons (Fsp3) is 0.292. The van der Waals surface area contributed by atoms with Crippen LogP contribution in [0.25, 0.3) is 0 Å². The summed E-state index contributed by atoms with van der Waals surface area (Å²) in [6.07, 6.45) is 4.70. The lowest BCUT2D eigenvalue weighted by atomic mass is 9.93. The van der Waals surface area contributed by atoms with Crippen molar-refractivity contribution < 1.29 is 9.59 Å². The average Bonchev–Trinajstić information content (AvgIpc) is 3.17. The van der Waals surface area contributed by atoms with Crippen molar-refractivity contribution in [1.29, 1.82) is 0 Å². The largest absolute Gasteiger partial charge is 0.348 e. The molecule has 1 aliphatic rings. The van der Waals surface area contributed by atoms with Crippen LogP contribution in [0, 0.1) is 6.92 Å². The summed E-state index contributed by atoms with van der Waals surface area (Å²) in [6, 6.07) is 17.5. The van der Waals surface area contributed by atoms with Gasteiger partial charge in [0.1, 0.15) is 0 Å². The van der Waals surface area contributed by atoms with Crippen LogP contribution in [0.3, 0.4) is 0 Å². The molecule has 2 amide bonds. The number of fused-ring (bicyclic) bond motifs is 1. The summed E-state index contributed by atoms with van der Waals surface area (Å²) in [5, 5.41) is 10.4. The zero-order chi connectivity index (χ0) is 20.9. The Morgan fingerprint density at radius 1 is 1.10 bits per heavy atom. The summed E-state index contributed by atoms with van der Waals surface area (Å²) >= 11 is 0. The summed E-state index contributed by atoms with van der Waals surface area (Å²) in [7, 11) is 0. The van der Waals surface area contributed by atoms with Crippen LogP contribution in [0.1, 0.15) is 51.6 Å². The second-order valence-electron chi connectivity index (χ2n) is 7.70. The minimum atomic E-state index is -0.233. The molecule has 1 unspecified atom stereocenters. The lowest BCUT2D eigenvalue weighted by molar-refractivity contribution is -0.121. The number of nitrogens with zero attached hydrogens (tertiary/aromatic N) is 2. The van der Waals surface area contributed by atoms with E-state index in [-0.39, 0.29) is 24.4 Å². The van der Waals surface area contributed by atoms with Gasteiger partial charge in [-0.1, -0.05) is 48.5 Å². The maximum Gasteiger partial charge on any atom is 0.251 e. The van der Waals surface area contributed by atoms with E-state index in [1.807, 2.05) is 54.2 Å². The van der Waals surface area contributed by atoms with Gasteiger partial charge in [0.25, 0.3) is 5.91 Å². The third kappa shape index (κ3) is 4.43. The van der Waals surface area contributed by atoms with Crippen LogP contribution in [-0.4, -0.2) is 28.1 Å². The number of aryl methyl sites for hydroxylation is 1. The first-order valence-corrected chi connectivity index (χ1v) is 10.3. The molecule has 154 valence electrons. The molecule has 1 heterocycles. The Morgan fingerprint density at radius 2 is 1.87 bits per heavy atom. The fourth-order valence-corrected chi connectivity index (χ4v) is 3.99. The molecule has 0 fully saturated rings. The third-order valence-electron chi connectivity index (χ3n) is 5.57. The highest BCUT2D eigenvalue weighted by Crippen LogP contribution is 2.29. The SMILES string of the molecule is Cc1ccccc1C(=O)NCC(=O)NC1CCCc2c1cnn2Cc1ccccc1. The van der Waals surface area contributed by atoms with Gasteiger partial charge in [-0.2, -0.15) is 5.10 Å². The predicted octanol–water partition coefficient (Wildman–Crippen LogP) is 3.16. The normalized spacial score (nSPS) is 15.3. The molecule has 1 atom stereocenters. The van der Waals surface area contributed by atoms with Gasteiger partial charge in [0.05, 0.1) is 25.3 Å². The average molecular weight is 402 g/mol. The monoisotopic (exact) mass is 402 g/mol. The maximum absolute atomic E-state index is 12.5.